The van der Waals surface area contributed by atoms with Crippen LogP contribution in [0.15, 0.2) is 131 Å². The van der Waals surface area contributed by atoms with Crippen LogP contribution in [0.3, 0.4) is 0 Å². The first-order chi connectivity index (χ1) is 18.7. The highest BCUT2D eigenvalue weighted by atomic mass is 32.2. The molecule has 0 saturated carbocycles. The topological polar surface area (TPSA) is 40.5 Å². The van der Waals surface area contributed by atoms with Crippen molar-refractivity contribution in [3.8, 4) is 11.5 Å². The SMILES string of the molecule is COc1ccc2c(c1)cc(S(=O)c1c(OC)ccc3ccccc13)n2P(c1ccccc1)c1ccccc1. The Kier molecular flexibility index (Phi) is 6.71. The van der Waals surface area contributed by atoms with E-state index in [9.17, 15) is 4.21 Å². The van der Waals surface area contributed by atoms with Gasteiger partial charge in [-0.15, -0.1) is 0 Å². The second-order valence-corrected chi connectivity index (χ2v) is 12.2. The Morgan fingerprint density at radius 1 is 0.658 bits per heavy atom. The Balaban J connectivity index is 1.68. The molecule has 6 aromatic rings. The van der Waals surface area contributed by atoms with Gasteiger partial charge in [0.25, 0.3) is 0 Å². The molecule has 1 aromatic heterocycles. The summed E-state index contributed by atoms with van der Waals surface area (Å²) in [5.74, 6) is 1.37. The van der Waals surface area contributed by atoms with Crippen LogP contribution in [-0.2, 0) is 10.8 Å². The molecule has 1 heterocycles. The standard InChI is InChI=1S/C32H26NO3PS/c1-35-25-18-19-29-24(21-25)22-31(38(34)32-28-16-10-9-11-23(28)17-20-30(32)36-2)33(29)37(26-12-5-3-6-13-26)27-14-7-4-8-15-27/h3-22H,1-2H3. The highest BCUT2D eigenvalue weighted by molar-refractivity contribution is 7.86. The van der Waals surface area contributed by atoms with Gasteiger partial charge in [-0.2, -0.15) is 0 Å². The van der Waals surface area contributed by atoms with Crippen LogP contribution in [0.1, 0.15) is 0 Å². The maximum Gasteiger partial charge on any atom is 0.136 e. The summed E-state index contributed by atoms with van der Waals surface area (Å²) in [6.45, 7) is 0. The van der Waals surface area contributed by atoms with E-state index in [0.29, 0.717) is 10.6 Å². The molecule has 5 aromatic carbocycles. The van der Waals surface area contributed by atoms with Gasteiger partial charge in [0.05, 0.1) is 32.7 Å². The third kappa shape index (κ3) is 4.28. The molecular weight excluding hydrogens is 509 g/mol. The highest BCUT2D eigenvalue weighted by Crippen LogP contribution is 2.45. The zero-order valence-corrected chi connectivity index (χ0v) is 22.8. The summed E-state index contributed by atoms with van der Waals surface area (Å²) in [7, 11) is 0.675. The fourth-order valence-electron chi connectivity index (χ4n) is 4.82. The summed E-state index contributed by atoms with van der Waals surface area (Å²) >= 11 is 0. The normalized spacial score (nSPS) is 12.2. The monoisotopic (exact) mass is 535 g/mol. The first kappa shape index (κ1) is 24.4. The number of aromatic nitrogens is 1. The molecule has 0 aliphatic carbocycles. The lowest BCUT2D eigenvalue weighted by Crippen LogP contribution is -2.18. The predicted molar refractivity (Wildman–Crippen MR) is 158 cm³/mol. The molecule has 0 saturated heterocycles. The highest BCUT2D eigenvalue weighted by Gasteiger charge is 2.27. The van der Waals surface area contributed by atoms with Crippen molar-refractivity contribution in [3.63, 3.8) is 0 Å². The lowest BCUT2D eigenvalue weighted by atomic mass is 10.1. The minimum atomic E-state index is -1.54. The Morgan fingerprint density at radius 2 is 1.32 bits per heavy atom. The van der Waals surface area contributed by atoms with Crippen LogP contribution in [0.5, 0.6) is 11.5 Å². The van der Waals surface area contributed by atoms with Gasteiger partial charge in [-0.25, -0.2) is 4.21 Å². The first-order valence-corrected chi connectivity index (χ1v) is 14.7. The Hall–Kier alpha value is -3.92. The van der Waals surface area contributed by atoms with E-state index in [-0.39, 0.29) is 0 Å². The van der Waals surface area contributed by atoms with Crippen LogP contribution >= 0.6 is 8.07 Å². The molecule has 4 nitrogen and oxygen atoms in total. The van der Waals surface area contributed by atoms with Crippen molar-refractivity contribution in [2.45, 2.75) is 9.92 Å². The second-order valence-electron chi connectivity index (χ2n) is 8.79. The molecule has 0 fully saturated rings. The zero-order valence-electron chi connectivity index (χ0n) is 21.1. The van der Waals surface area contributed by atoms with Gasteiger partial charge in [-0.05, 0) is 35.7 Å². The van der Waals surface area contributed by atoms with E-state index in [1.54, 1.807) is 14.2 Å². The largest absolute Gasteiger partial charge is 0.497 e. The van der Waals surface area contributed by atoms with E-state index >= 15 is 0 Å². The lowest BCUT2D eigenvalue weighted by Gasteiger charge is -2.24. The molecule has 38 heavy (non-hydrogen) atoms. The molecule has 0 aliphatic heterocycles. The minimum absolute atomic E-state index is 0.611. The second kappa shape index (κ2) is 10.4. The fraction of sp³-hybridized carbons (Fsp3) is 0.0625. The molecular formula is C32H26NO3PS. The number of methoxy groups -OCH3 is 2. The van der Waals surface area contributed by atoms with Crippen molar-refractivity contribution in [2.75, 3.05) is 14.2 Å². The molecule has 1 atom stereocenters. The number of rotatable bonds is 7. The number of benzene rings is 5. The average molecular weight is 536 g/mol. The van der Waals surface area contributed by atoms with Crippen LogP contribution in [0.4, 0.5) is 0 Å². The molecule has 0 N–H and O–H groups in total. The van der Waals surface area contributed by atoms with E-state index in [0.717, 1.165) is 32.5 Å². The maximum atomic E-state index is 14.7. The van der Waals surface area contributed by atoms with Crippen molar-refractivity contribution >= 4 is 51.2 Å². The summed E-state index contributed by atoms with van der Waals surface area (Å²) in [5.41, 5.74) is 1.01. The van der Waals surface area contributed by atoms with Gasteiger partial charge in [0.1, 0.15) is 27.3 Å². The minimum Gasteiger partial charge on any atom is -0.497 e. The number of fused-ring (bicyclic) bond motifs is 2. The summed E-state index contributed by atoms with van der Waals surface area (Å²) in [6, 6.07) is 40.9. The van der Waals surface area contributed by atoms with Crippen molar-refractivity contribution in [1.82, 2.24) is 4.34 Å². The van der Waals surface area contributed by atoms with Crippen molar-refractivity contribution in [2.24, 2.45) is 0 Å². The van der Waals surface area contributed by atoms with Crippen molar-refractivity contribution in [1.29, 1.82) is 0 Å². The third-order valence-electron chi connectivity index (χ3n) is 6.59. The molecule has 0 aliphatic rings. The Morgan fingerprint density at radius 3 is 1.97 bits per heavy atom. The quantitative estimate of drug-likeness (QED) is 0.209. The van der Waals surface area contributed by atoms with Gasteiger partial charge in [-0.3, -0.25) is 0 Å². The van der Waals surface area contributed by atoms with Gasteiger partial charge >= 0.3 is 0 Å². The summed E-state index contributed by atoms with van der Waals surface area (Å²) in [5, 5.41) is 5.99. The van der Waals surface area contributed by atoms with Crippen molar-refractivity contribution in [3.05, 3.63) is 121 Å². The number of ether oxygens (including phenoxy) is 2. The lowest BCUT2D eigenvalue weighted by molar-refractivity contribution is 0.405. The van der Waals surface area contributed by atoms with Gasteiger partial charge in [0, 0.05) is 21.4 Å². The molecule has 1 unspecified atom stereocenters. The van der Waals surface area contributed by atoms with E-state index in [1.807, 2.05) is 66.7 Å². The summed E-state index contributed by atoms with van der Waals surface area (Å²) in [6.07, 6.45) is 0. The van der Waals surface area contributed by atoms with Crippen LogP contribution in [0, 0.1) is 0 Å². The first-order valence-electron chi connectivity index (χ1n) is 12.3. The van der Waals surface area contributed by atoms with Gasteiger partial charge in [0.2, 0.25) is 0 Å². The Bertz CT molecular complexity index is 1730. The number of hydrogen-bond acceptors (Lipinski definition) is 3. The predicted octanol–water partition coefficient (Wildman–Crippen LogP) is 6.87. The summed E-state index contributed by atoms with van der Waals surface area (Å²) < 4.78 is 28.3. The molecule has 188 valence electrons. The van der Waals surface area contributed by atoms with Crippen LogP contribution in [0.25, 0.3) is 21.7 Å². The van der Waals surface area contributed by atoms with Gasteiger partial charge < -0.3 is 13.8 Å². The number of nitrogens with zero attached hydrogens (tertiary/aromatic N) is 1. The molecule has 0 bridgehead atoms. The van der Waals surface area contributed by atoms with Crippen LogP contribution < -0.4 is 20.1 Å². The van der Waals surface area contributed by atoms with Crippen LogP contribution in [0.2, 0.25) is 0 Å². The van der Waals surface area contributed by atoms with E-state index in [1.165, 1.54) is 10.6 Å². The zero-order chi connectivity index (χ0) is 26.1. The fourth-order valence-corrected chi connectivity index (χ4v) is 9.02. The van der Waals surface area contributed by atoms with Crippen LogP contribution in [-0.4, -0.2) is 22.8 Å². The van der Waals surface area contributed by atoms with Gasteiger partial charge in [-0.1, -0.05) is 91.0 Å². The van der Waals surface area contributed by atoms with Crippen molar-refractivity contribution < 1.29 is 13.7 Å². The smallest absolute Gasteiger partial charge is 0.136 e. The molecule has 0 spiro atoms. The maximum absolute atomic E-state index is 14.7. The molecule has 6 heteroatoms. The van der Waals surface area contributed by atoms with E-state index < -0.39 is 18.9 Å². The van der Waals surface area contributed by atoms with E-state index in [4.69, 9.17) is 9.47 Å². The number of hydrogen-bond donors (Lipinski definition) is 0. The third-order valence-corrected chi connectivity index (χ3v) is 10.6. The molecule has 6 rings (SSSR count). The van der Waals surface area contributed by atoms with Gasteiger partial charge in [0.15, 0.2) is 0 Å². The molecule has 0 amide bonds. The van der Waals surface area contributed by atoms with E-state index in [2.05, 4.69) is 58.9 Å². The molecule has 0 radical (unpaired) electrons. The summed E-state index contributed by atoms with van der Waals surface area (Å²) in [4.78, 5) is 0.678. The average Bonchev–Trinajstić information content (AvgIpc) is 3.35. The Labute approximate surface area is 225 Å².